The molecule has 0 saturated heterocycles. The Bertz CT molecular complexity index is 1020. The van der Waals surface area contributed by atoms with Crippen LogP contribution in [0.15, 0.2) is 42.5 Å². The van der Waals surface area contributed by atoms with Gasteiger partial charge in [0.15, 0.2) is 5.69 Å². The molecule has 1 amide bonds. The Morgan fingerprint density at radius 3 is 2.86 bits per heavy atom. The molecule has 0 radical (unpaired) electrons. The SMILES string of the molecule is Cc1cccc(COc2ccc(NC(=O)c3n[nH]c4c3CNCC4)c(C)c2)c1.Cl. The molecule has 1 aromatic heterocycles. The summed E-state index contributed by atoms with van der Waals surface area (Å²) in [7, 11) is 0. The van der Waals surface area contributed by atoms with E-state index in [2.05, 4.69) is 39.9 Å². The molecule has 0 atom stereocenters. The van der Waals surface area contributed by atoms with Crippen LogP contribution in [0.1, 0.15) is 38.4 Å². The minimum atomic E-state index is -0.197. The Balaban J connectivity index is 0.00000240. The first kappa shape index (κ1) is 20.9. The number of H-pyrrole nitrogens is 1. The third-order valence-corrected chi connectivity index (χ3v) is 4.96. The molecule has 2 aromatic carbocycles. The lowest BCUT2D eigenvalue weighted by atomic mass is 10.1. The van der Waals surface area contributed by atoms with Crippen LogP contribution in [0, 0.1) is 13.8 Å². The third-order valence-electron chi connectivity index (χ3n) is 4.96. The summed E-state index contributed by atoms with van der Waals surface area (Å²) in [5.41, 5.74) is 6.51. The molecular formula is C22H25ClN4O2. The monoisotopic (exact) mass is 412 g/mol. The highest BCUT2D eigenvalue weighted by molar-refractivity contribution is 6.04. The van der Waals surface area contributed by atoms with Crippen molar-refractivity contribution in [2.75, 3.05) is 11.9 Å². The average Bonchev–Trinajstić information content (AvgIpc) is 3.12. The molecule has 0 saturated carbocycles. The molecule has 0 spiro atoms. The Labute approximate surface area is 176 Å². The minimum Gasteiger partial charge on any atom is -0.489 e. The number of aromatic nitrogens is 2. The molecule has 7 heteroatoms. The van der Waals surface area contributed by atoms with Gasteiger partial charge in [-0.2, -0.15) is 5.10 Å². The number of anilines is 1. The van der Waals surface area contributed by atoms with Gasteiger partial charge in [0.05, 0.1) is 0 Å². The number of benzene rings is 2. The van der Waals surface area contributed by atoms with Crippen molar-refractivity contribution in [2.24, 2.45) is 0 Å². The Morgan fingerprint density at radius 2 is 2.07 bits per heavy atom. The second kappa shape index (κ2) is 9.11. The summed E-state index contributed by atoms with van der Waals surface area (Å²) >= 11 is 0. The fraction of sp³-hybridized carbons (Fsp3) is 0.273. The van der Waals surface area contributed by atoms with E-state index in [1.807, 2.05) is 37.3 Å². The van der Waals surface area contributed by atoms with Crippen molar-refractivity contribution in [3.05, 3.63) is 76.1 Å². The maximum atomic E-state index is 12.7. The van der Waals surface area contributed by atoms with Crippen molar-refractivity contribution < 1.29 is 9.53 Å². The number of fused-ring (bicyclic) bond motifs is 1. The minimum absolute atomic E-state index is 0. The zero-order valence-electron chi connectivity index (χ0n) is 16.5. The van der Waals surface area contributed by atoms with Gasteiger partial charge in [-0.3, -0.25) is 9.89 Å². The van der Waals surface area contributed by atoms with Crippen LogP contribution in [0.3, 0.4) is 0 Å². The van der Waals surface area contributed by atoms with Crippen LogP contribution in [0.2, 0.25) is 0 Å². The molecule has 0 aliphatic carbocycles. The molecule has 4 rings (SSSR count). The Kier molecular flexibility index (Phi) is 6.56. The van der Waals surface area contributed by atoms with Crippen molar-refractivity contribution in [2.45, 2.75) is 33.4 Å². The van der Waals surface area contributed by atoms with E-state index in [9.17, 15) is 4.79 Å². The van der Waals surface area contributed by atoms with Gasteiger partial charge in [-0.05, 0) is 43.2 Å². The summed E-state index contributed by atoms with van der Waals surface area (Å²) in [6.07, 6.45) is 0.863. The summed E-state index contributed by atoms with van der Waals surface area (Å²) in [6, 6.07) is 13.9. The van der Waals surface area contributed by atoms with Crippen LogP contribution in [0.4, 0.5) is 5.69 Å². The van der Waals surface area contributed by atoms with Gasteiger partial charge in [-0.15, -0.1) is 12.4 Å². The number of amides is 1. The number of carbonyl (C=O) groups excluding carboxylic acids is 1. The molecule has 6 nitrogen and oxygen atoms in total. The van der Waals surface area contributed by atoms with Gasteiger partial charge in [0.2, 0.25) is 0 Å². The lowest BCUT2D eigenvalue weighted by Crippen LogP contribution is -2.25. The van der Waals surface area contributed by atoms with Crippen LogP contribution in [0.5, 0.6) is 5.75 Å². The molecule has 2 heterocycles. The molecule has 29 heavy (non-hydrogen) atoms. The predicted octanol–water partition coefficient (Wildman–Crippen LogP) is 3.93. The molecule has 152 valence electrons. The van der Waals surface area contributed by atoms with Crippen LogP contribution in [-0.4, -0.2) is 22.6 Å². The second-order valence-electron chi connectivity index (χ2n) is 7.16. The van der Waals surface area contributed by atoms with Crippen LogP contribution < -0.4 is 15.4 Å². The van der Waals surface area contributed by atoms with Crippen LogP contribution >= 0.6 is 12.4 Å². The van der Waals surface area contributed by atoms with Crippen molar-refractivity contribution in [3.8, 4) is 5.75 Å². The largest absolute Gasteiger partial charge is 0.489 e. The summed E-state index contributed by atoms with van der Waals surface area (Å²) in [5.74, 6) is 0.580. The lowest BCUT2D eigenvalue weighted by molar-refractivity contribution is 0.102. The number of aryl methyl sites for hydroxylation is 2. The summed E-state index contributed by atoms with van der Waals surface area (Å²) in [5, 5.41) is 13.4. The van der Waals surface area contributed by atoms with Gasteiger partial charge in [0, 0.05) is 36.5 Å². The van der Waals surface area contributed by atoms with E-state index in [0.29, 0.717) is 18.8 Å². The predicted molar refractivity (Wildman–Crippen MR) is 116 cm³/mol. The van der Waals surface area contributed by atoms with Gasteiger partial charge in [-0.1, -0.05) is 29.8 Å². The molecule has 1 aliphatic heterocycles. The number of nitrogens with zero attached hydrogens (tertiary/aromatic N) is 1. The topological polar surface area (TPSA) is 79.0 Å². The lowest BCUT2D eigenvalue weighted by Gasteiger charge is -2.14. The summed E-state index contributed by atoms with van der Waals surface area (Å²) in [4.78, 5) is 12.7. The fourth-order valence-electron chi connectivity index (χ4n) is 3.43. The molecular weight excluding hydrogens is 388 g/mol. The van der Waals surface area contributed by atoms with E-state index < -0.39 is 0 Å². The van der Waals surface area contributed by atoms with E-state index in [1.54, 1.807) is 0 Å². The highest BCUT2D eigenvalue weighted by Crippen LogP contribution is 2.24. The van der Waals surface area contributed by atoms with Crippen LogP contribution in [-0.2, 0) is 19.6 Å². The third kappa shape index (κ3) is 4.78. The highest BCUT2D eigenvalue weighted by atomic mass is 35.5. The number of aromatic amines is 1. The smallest absolute Gasteiger partial charge is 0.276 e. The van der Waals surface area contributed by atoms with Gasteiger partial charge in [0.1, 0.15) is 12.4 Å². The standard InChI is InChI=1S/C22H24N4O2.ClH/c1-14-4-3-5-16(10-14)13-28-17-6-7-19(15(2)11-17)24-22(27)21-18-12-23-9-8-20(18)25-26-21;/h3-7,10-11,23H,8-9,12-13H2,1-2H3,(H,24,27)(H,25,26);1H. The number of halogens is 1. The highest BCUT2D eigenvalue weighted by Gasteiger charge is 2.21. The van der Waals surface area contributed by atoms with E-state index in [0.717, 1.165) is 46.8 Å². The maximum Gasteiger partial charge on any atom is 0.276 e. The summed E-state index contributed by atoms with van der Waals surface area (Å²) < 4.78 is 5.90. The molecule has 0 fully saturated rings. The van der Waals surface area contributed by atoms with Gasteiger partial charge in [-0.25, -0.2) is 0 Å². The molecule has 0 unspecified atom stereocenters. The first-order chi connectivity index (χ1) is 13.6. The number of hydrogen-bond acceptors (Lipinski definition) is 4. The normalized spacial score (nSPS) is 12.6. The fourth-order valence-corrected chi connectivity index (χ4v) is 3.43. The second-order valence-corrected chi connectivity index (χ2v) is 7.16. The van der Waals surface area contributed by atoms with Crippen molar-refractivity contribution in [1.82, 2.24) is 15.5 Å². The first-order valence-corrected chi connectivity index (χ1v) is 9.47. The number of rotatable bonds is 5. The number of hydrogen-bond donors (Lipinski definition) is 3. The zero-order chi connectivity index (χ0) is 19.5. The Hall–Kier alpha value is -2.83. The Morgan fingerprint density at radius 1 is 1.21 bits per heavy atom. The van der Waals surface area contributed by atoms with Gasteiger partial charge >= 0.3 is 0 Å². The first-order valence-electron chi connectivity index (χ1n) is 9.47. The van der Waals surface area contributed by atoms with Gasteiger partial charge in [0.25, 0.3) is 5.91 Å². The molecule has 1 aliphatic rings. The number of nitrogens with one attached hydrogen (secondary N) is 3. The number of ether oxygens (including phenoxy) is 1. The van der Waals surface area contributed by atoms with Gasteiger partial charge < -0.3 is 15.4 Å². The maximum absolute atomic E-state index is 12.7. The summed E-state index contributed by atoms with van der Waals surface area (Å²) in [6.45, 7) is 6.10. The van der Waals surface area contributed by atoms with E-state index >= 15 is 0 Å². The van der Waals surface area contributed by atoms with E-state index in [1.165, 1.54) is 5.56 Å². The number of carbonyl (C=O) groups is 1. The molecule has 3 N–H and O–H groups in total. The average molecular weight is 413 g/mol. The van der Waals surface area contributed by atoms with Crippen molar-refractivity contribution in [1.29, 1.82) is 0 Å². The van der Waals surface area contributed by atoms with E-state index in [-0.39, 0.29) is 18.3 Å². The van der Waals surface area contributed by atoms with E-state index in [4.69, 9.17) is 4.74 Å². The zero-order valence-corrected chi connectivity index (χ0v) is 17.4. The quantitative estimate of drug-likeness (QED) is 0.593. The van der Waals surface area contributed by atoms with Crippen molar-refractivity contribution in [3.63, 3.8) is 0 Å². The van der Waals surface area contributed by atoms with Crippen molar-refractivity contribution >= 4 is 24.0 Å². The molecule has 3 aromatic rings. The molecule has 0 bridgehead atoms. The van der Waals surface area contributed by atoms with Crippen LogP contribution in [0.25, 0.3) is 0 Å².